The molecule has 4 aromatic carbocycles. The van der Waals surface area contributed by atoms with Crippen molar-refractivity contribution >= 4 is 5.97 Å². The van der Waals surface area contributed by atoms with Crippen molar-refractivity contribution in [3.8, 4) is 0 Å². The maximum atomic E-state index is 15.5. The third kappa shape index (κ3) is 8.81. The van der Waals surface area contributed by atoms with Crippen molar-refractivity contribution in [1.82, 2.24) is 0 Å². The van der Waals surface area contributed by atoms with Gasteiger partial charge in [-0.05, 0) is 22.3 Å². The van der Waals surface area contributed by atoms with Crippen molar-refractivity contribution in [3.05, 3.63) is 144 Å². The second-order valence-corrected chi connectivity index (χ2v) is 10.8. The zero-order valence-electron chi connectivity index (χ0n) is 24.6. The summed E-state index contributed by atoms with van der Waals surface area (Å²) >= 11 is 0. The predicted molar refractivity (Wildman–Crippen MR) is 162 cm³/mol. The average Bonchev–Trinajstić information content (AvgIpc) is 3.07. The van der Waals surface area contributed by atoms with Gasteiger partial charge in [-0.2, -0.15) is 8.78 Å². The lowest BCUT2D eigenvalue weighted by molar-refractivity contribution is -0.307. The van der Waals surface area contributed by atoms with E-state index in [2.05, 4.69) is 0 Å². The van der Waals surface area contributed by atoms with Crippen LogP contribution in [0.4, 0.5) is 8.78 Å². The molecule has 0 aromatic heterocycles. The summed E-state index contributed by atoms with van der Waals surface area (Å²) in [5.74, 6) is -6.63. The number of ether oxygens (including phenoxy) is 5. The first kappa shape index (κ1) is 32.4. The Balaban J connectivity index is 1.48. The van der Waals surface area contributed by atoms with Gasteiger partial charge < -0.3 is 28.8 Å². The highest BCUT2D eigenvalue weighted by atomic mass is 19.3. The lowest BCUT2D eigenvalue weighted by Gasteiger charge is -2.47. The fourth-order valence-electron chi connectivity index (χ4n) is 5.20. The number of benzene rings is 4. The molecule has 1 heterocycles. The quantitative estimate of drug-likeness (QED) is 0.164. The Labute approximate surface area is 261 Å². The van der Waals surface area contributed by atoms with Gasteiger partial charge in [0.1, 0.15) is 24.4 Å². The topological polar surface area (TPSA) is 83.5 Å². The van der Waals surface area contributed by atoms with Crippen LogP contribution in [0, 0.1) is 0 Å². The first-order chi connectivity index (χ1) is 21.9. The van der Waals surface area contributed by atoms with Crippen molar-refractivity contribution in [2.45, 2.75) is 62.9 Å². The molecular weight excluding hydrogens is 582 g/mol. The van der Waals surface area contributed by atoms with E-state index in [9.17, 15) is 9.90 Å². The smallest absolute Gasteiger partial charge is 0.377 e. The molecular formula is C36H36F2O7. The number of halogens is 2. The van der Waals surface area contributed by atoms with Crippen molar-refractivity contribution in [2.24, 2.45) is 0 Å². The van der Waals surface area contributed by atoms with Gasteiger partial charge in [0.25, 0.3) is 0 Å². The Bertz CT molecular complexity index is 1440. The predicted octanol–water partition coefficient (Wildman–Crippen LogP) is 6.45. The SMILES string of the molecule is O=C(O)C(F)(F)C1O[C@H](COCc2ccccc2)[C@@H](OCc2ccccc2)[C@@H](OCc2ccccc2)[C@@H]1OCc1ccccc1. The van der Waals surface area contributed by atoms with Crippen molar-refractivity contribution in [1.29, 1.82) is 0 Å². The number of carboxylic acids is 1. The molecule has 0 spiro atoms. The van der Waals surface area contributed by atoms with Gasteiger partial charge in [-0.25, -0.2) is 4.79 Å². The summed E-state index contributed by atoms with van der Waals surface area (Å²) in [7, 11) is 0. The van der Waals surface area contributed by atoms with Gasteiger partial charge in [0.15, 0.2) is 6.10 Å². The molecule has 0 saturated carbocycles. The van der Waals surface area contributed by atoms with Crippen molar-refractivity contribution in [3.63, 3.8) is 0 Å². The molecule has 1 saturated heterocycles. The molecule has 0 amide bonds. The summed E-state index contributed by atoms with van der Waals surface area (Å²) in [5, 5.41) is 9.63. The fourth-order valence-corrected chi connectivity index (χ4v) is 5.20. The molecule has 4 aromatic rings. The van der Waals surface area contributed by atoms with Crippen LogP contribution in [0.1, 0.15) is 22.3 Å². The molecule has 45 heavy (non-hydrogen) atoms. The fraction of sp³-hybridized carbons (Fsp3) is 0.306. The number of carbonyl (C=O) groups is 1. The molecule has 0 bridgehead atoms. The van der Waals surface area contributed by atoms with Crippen LogP contribution < -0.4 is 0 Å². The van der Waals surface area contributed by atoms with Gasteiger partial charge >= 0.3 is 11.9 Å². The minimum Gasteiger partial charge on any atom is -0.477 e. The monoisotopic (exact) mass is 618 g/mol. The van der Waals surface area contributed by atoms with Gasteiger partial charge in [-0.15, -0.1) is 0 Å². The number of hydrogen-bond donors (Lipinski definition) is 1. The molecule has 1 fully saturated rings. The zero-order chi connectivity index (χ0) is 31.5. The summed E-state index contributed by atoms with van der Waals surface area (Å²) in [5.41, 5.74) is 3.24. The van der Waals surface area contributed by atoms with E-state index in [0.29, 0.717) is 5.56 Å². The van der Waals surface area contributed by atoms with E-state index < -0.39 is 42.4 Å². The third-order valence-corrected chi connectivity index (χ3v) is 7.53. The minimum absolute atomic E-state index is 0.0465. The Morgan fingerprint density at radius 2 is 0.978 bits per heavy atom. The van der Waals surface area contributed by atoms with E-state index in [0.717, 1.165) is 16.7 Å². The molecule has 5 atom stereocenters. The molecule has 5 rings (SSSR count). The summed E-state index contributed by atoms with van der Waals surface area (Å²) < 4.78 is 61.8. The molecule has 1 aliphatic rings. The van der Waals surface area contributed by atoms with E-state index in [1.165, 1.54) is 0 Å². The van der Waals surface area contributed by atoms with E-state index >= 15 is 8.78 Å². The van der Waals surface area contributed by atoms with Crippen LogP contribution >= 0.6 is 0 Å². The summed E-state index contributed by atoms with van der Waals surface area (Å²) in [6.45, 7) is 0.130. The first-order valence-electron chi connectivity index (χ1n) is 14.8. The molecule has 9 heteroatoms. The number of rotatable bonds is 15. The first-order valence-corrected chi connectivity index (χ1v) is 14.8. The average molecular weight is 619 g/mol. The number of aliphatic carboxylic acids is 1. The second-order valence-electron chi connectivity index (χ2n) is 10.8. The maximum Gasteiger partial charge on any atom is 0.377 e. The molecule has 7 nitrogen and oxygen atoms in total. The largest absolute Gasteiger partial charge is 0.477 e. The number of alkyl halides is 2. The summed E-state index contributed by atoms with van der Waals surface area (Å²) in [6.07, 6.45) is -6.91. The highest BCUT2D eigenvalue weighted by Crippen LogP contribution is 2.38. The molecule has 1 aliphatic heterocycles. The Hall–Kier alpha value is -3.99. The van der Waals surface area contributed by atoms with E-state index in [1.807, 2.05) is 97.1 Å². The van der Waals surface area contributed by atoms with Crippen molar-refractivity contribution in [2.75, 3.05) is 6.61 Å². The Morgan fingerprint density at radius 3 is 1.40 bits per heavy atom. The third-order valence-electron chi connectivity index (χ3n) is 7.53. The number of carboxylic acid groups (broad SMARTS) is 1. The lowest BCUT2D eigenvalue weighted by atomic mass is 9.90. The molecule has 1 N–H and O–H groups in total. The van der Waals surface area contributed by atoms with Crippen LogP contribution in [0.15, 0.2) is 121 Å². The van der Waals surface area contributed by atoms with Gasteiger partial charge in [0.05, 0.1) is 33.0 Å². The van der Waals surface area contributed by atoms with Crippen LogP contribution in [0.2, 0.25) is 0 Å². The van der Waals surface area contributed by atoms with Gasteiger partial charge in [0, 0.05) is 0 Å². The van der Waals surface area contributed by atoms with Crippen LogP contribution in [-0.4, -0.2) is 54.1 Å². The van der Waals surface area contributed by atoms with Crippen molar-refractivity contribution < 1.29 is 42.4 Å². The Kier molecular flexibility index (Phi) is 11.4. The van der Waals surface area contributed by atoms with E-state index in [4.69, 9.17) is 23.7 Å². The molecule has 1 unspecified atom stereocenters. The second kappa shape index (κ2) is 15.8. The van der Waals surface area contributed by atoms with Gasteiger partial charge in [-0.1, -0.05) is 121 Å². The highest BCUT2D eigenvalue weighted by molar-refractivity contribution is 5.76. The zero-order valence-corrected chi connectivity index (χ0v) is 24.6. The highest BCUT2D eigenvalue weighted by Gasteiger charge is 2.61. The Morgan fingerprint density at radius 1 is 0.600 bits per heavy atom. The maximum absolute atomic E-state index is 15.5. The van der Waals surface area contributed by atoms with Crippen LogP contribution in [-0.2, 0) is 54.9 Å². The van der Waals surface area contributed by atoms with Crippen LogP contribution in [0.25, 0.3) is 0 Å². The minimum atomic E-state index is -4.31. The standard InChI is InChI=1S/C36H36F2O7/c37-36(38,35(39)40)34-33(44-24-29-19-11-4-12-20-29)32(43-23-28-17-9-3-10-18-28)31(42-22-27-15-7-2-8-16-27)30(45-34)25-41-21-26-13-5-1-6-14-26/h1-20,30-34H,21-25H2,(H,39,40)/t30-,31-,32-,33+,34?/m1/s1. The molecule has 0 aliphatic carbocycles. The summed E-state index contributed by atoms with van der Waals surface area (Å²) in [6, 6.07) is 37.0. The molecule has 0 radical (unpaired) electrons. The van der Waals surface area contributed by atoms with Gasteiger partial charge in [0.2, 0.25) is 0 Å². The normalized spacial score (nSPS) is 21.8. The van der Waals surface area contributed by atoms with Gasteiger partial charge in [-0.3, -0.25) is 0 Å². The van der Waals surface area contributed by atoms with Crippen LogP contribution in [0.3, 0.4) is 0 Å². The number of hydrogen-bond acceptors (Lipinski definition) is 6. The lowest BCUT2D eigenvalue weighted by Crippen LogP contribution is -2.66. The molecule has 236 valence electrons. The van der Waals surface area contributed by atoms with E-state index in [-0.39, 0.29) is 33.0 Å². The summed E-state index contributed by atoms with van der Waals surface area (Å²) in [4.78, 5) is 11.9. The van der Waals surface area contributed by atoms with Crippen LogP contribution in [0.5, 0.6) is 0 Å². The van der Waals surface area contributed by atoms with E-state index in [1.54, 1.807) is 24.3 Å².